The number of benzene rings is 1. The summed E-state index contributed by atoms with van der Waals surface area (Å²) in [5.41, 5.74) is 3.54. The number of aromatic nitrogens is 3. The van der Waals surface area contributed by atoms with Gasteiger partial charge in [-0.2, -0.15) is 5.10 Å². The van der Waals surface area contributed by atoms with Crippen molar-refractivity contribution in [1.82, 2.24) is 14.6 Å². The van der Waals surface area contributed by atoms with Gasteiger partial charge in [0.15, 0.2) is 5.82 Å². The Hall–Kier alpha value is -2.80. The fraction of sp³-hybridized carbons (Fsp3) is 0.333. The van der Waals surface area contributed by atoms with Crippen molar-refractivity contribution in [2.45, 2.75) is 19.6 Å². The van der Waals surface area contributed by atoms with Crippen LogP contribution < -0.4 is 14.4 Å². The van der Waals surface area contributed by atoms with Crippen molar-refractivity contribution < 1.29 is 14.6 Å². The summed E-state index contributed by atoms with van der Waals surface area (Å²) in [4.78, 5) is 6.58. The van der Waals surface area contributed by atoms with Gasteiger partial charge < -0.3 is 19.5 Å². The molecule has 1 aromatic carbocycles. The number of anilines is 1. The highest BCUT2D eigenvalue weighted by atomic mass is 16.5. The topological polar surface area (TPSA) is 72.1 Å². The highest BCUT2D eigenvalue weighted by Crippen LogP contribution is 2.40. The summed E-state index contributed by atoms with van der Waals surface area (Å²) >= 11 is 0. The van der Waals surface area contributed by atoms with Gasteiger partial charge in [0.1, 0.15) is 23.1 Å². The normalized spacial score (nSPS) is 16.8. The molecule has 0 saturated carbocycles. The van der Waals surface area contributed by atoms with Crippen LogP contribution in [0, 0.1) is 6.92 Å². The Morgan fingerprint density at radius 1 is 1.20 bits per heavy atom. The molecule has 3 heterocycles. The molecule has 0 saturated heterocycles. The van der Waals surface area contributed by atoms with Gasteiger partial charge in [-0.25, -0.2) is 9.50 Å². The number of hydrogen-bond donors (Lipinski definition) is 1. The molecular weight excluding hydrogens is 320 g/mol. The average Bonchev–Trinajstić information content (AvgIpc) is 3.00. The predicted molar refractivity (Wildman–Crippen MR) is 93.3 cm³/mol. The first-order valence-electron chi connectivity index (χ1n) is 8.10. The Kier molecular flexibility index (Phi) is 3.73. The van der Waals surface area contributed by atoms with E-state index in [-0.39, 0.29) is 0 Å². The quantitative estimate of drug-likeness (QED) is 0.787. The van der Waals surface area contributed by atoms with Gasteiger partial charge in [0.2, 0.25) is 0 Å². The van der Waals surface area contributed by atoms with E-state index in [1.165, 1.54) is 0 Å². The van der Waals surface area contributed by atoms with Gasteiger partial charge in [-0.3, -0.25) is 0 Å². The molecule has 4 rings (SSSR count). The number of aliphatic hydroxyl groups excluding tert-OH is 1. The number of methoxy groups -OCH3 is 2. The lowest BCUT2D eigenvalue weighted by molar-refractivity contribution is 0.169. The van der Waals surface area contributed by atoms with E-state index in [1.54, 1.807) is 20.4 Å². The average molecular weight is 340 g/mol. The molecule has 130 valence electrons. The molecule has 0 aliphatic carbocycles. The maximum Gasteiger partial charge on any atom is 0.155 e. The maximum absolute atomic E-state index is 10.8. The Labute approximate surface area is 145 Å². The molecule has 7 nitrogen and oxygen atoms in total. The van der Waals surface area contributed by atoms with Crippen LogP contribution in [-0.4, -0.2) is 40.5 Å². The van der Waals surface area contributed by atoms with Crippen molar-refractivity contribution in [1.29, 1.82) is 0 Å². The summed E-state index contributed by atoms with van der Waals surface area (Å²) < 4.78 is 12.7. The van der Waals surface area contributed by atoms with Crippen LogP contribution in [0.15, 0.2) is 30.6 Å². The van der Waals surface area contributed by atoms with E-state index in [0.717, 1.165) is 33.9 Å². The van der Waals surface area contributed by atoms with Crippen molar-refractivity contribution in [3.63, 3.8) is 0 Å². The minimum absolute atomic E-state index is 0.424. The zero-order valence-electron chi connectivity index (χ0n) is 14.4. The molecule has 0 radical (unpaired) electrons. The second kappa shape index (κ2) is 5.93. The molecule has 0 bridgehead atoms. The first-order chi connectivity index (χ1) is 12.1. The molecule has 7 heteroatoms. The molecule has 25 heavy (non-hydrogen) atoms. The molecule has 1 aliphatic rings. The number of nitrogens with zero attached hydrogens (tertiary/aromatic N) is 4. The summed E-state index contributed by atoms with van der Waals surface area (Å²) in [5.74, 6) is 2.20. The lowest BCUT2D eigenvalue weighted by Gasteiger charge is -2.34. The Bertz CT molecular complexity index is 937. The minimum atomic E-state index is -0.695. The zero-order valence-corrected chi connectivity index (χ0v) is 14.4. The SMILES string of the molecule is COc1ccc(OC)c2c1CN(c1nccn3nc(C)cc13)CC2O. The minimum Gasteiger partial charge on any atom is -0.496 e. The molecule has 1 unspecified atom stereocenters. The van der Waals surface area contributed by atoms with Crippen molar-refractivity contribution in [2.24, 2.45) is 0 Å². The molecule has 0 fully saturated rings. The Morgan fingerprint density at radius 3 is 2.72 bits per heavy atom. The fourth-order valence-electron chi connectivity index (χ4n) is 3.51. The van der Waals surface area contributed by atoms with E-state index < -0.39 is 6.10 Å². The molecule has 1 aliphatic heterocycles. The van der Waals surface area contributed by atoms with Gasteiger partial charge in [0.25, 0.3) is 0 Å². The third-order valence-electron chi connectivity index (χ3n) is 4.58. The first kappa shape index (κ1) is 15.7. The van der Waals surface area contributed by atoms with Crippen molar-refractivity contribution in [3.8, 4) is 11.5 Å². The van der Waals surface area contributed by atoms with Gasteiger partial charge in [0, 0.05) is 30.1 Å². The number of rotatable bonds is 3. The van der Waals surface area contributed by atoms with Crippen molar-refractivity contribution in [2.75, 3.05) is 25.7 Å². The van der Waals surface area contributed by atoms with Crippen LogP contribution in [0.5, 0.6) is 11.5 Å². The van der Waals surface area contributed by atoms with Crippen molar-refractivity contribution in [3.05, 3.63) is 47.4 Å². The second-order valence-corrected chi connectivity index (χ2v) is 6.13. The van der Waals surface area contributed by atoms with Gasteiger partial charge in [-0.1, -0.05) is 0 Å². The van der Waals surface area contributed by atoms with Crippen LogP contribution in [0.2, 0.25) is 0 Å². The third-order valence-corrected chi connectivity index (χ3v) is 4.58. The van der Waals surface area contributed by atoms with Crippen LogP contribution in [0.3, 0.4) is 0 Å². The number of β-amino-alcohol motifs (C(OH)–C–C–N with tert-alkyl or cyclic N) is 1. The molecular formula is C18H20N4O3. The summed E-state index contributed by atoms with van der Waals surface area (Å²) in [5, 5.41) is 15.2. The van der Waals surface area contributed by atoms with E-state index in [4.69, 9.17) is 9.47 Å². The zero-order chi connectivity index (χ0) is 17.6. The van der Waals surface area contributed by atoms with Crippen LogP contribution in [0.4, 0.5) is 5.82 Å². The highest BCUT2D eigenvalue weighted by molar-refractivity contribution is 5.70. The second-order valence-electron chi connectivity index (χ2n) is 6.13. The fourth-order valence-corrected chi connectivity index (χ4v) is 3.51. The largest absolute Gasteiger partial charge is 0.496 e. The molecule has 1 N–H and O–H groups in total. The van der Waals surface area contributed by atoms with E-state index >= 15 is 0 Å². The smallest absolute Gasteiger partial charge is 0.155 e. The maximum atomic E-state index is 10.8. The number of hydrogen-bond acceptors (Lipinski definition) is 6. The summed E-state index contributed by atoms with van der Waals surface area (Å²) in [6, 6.07) is 5.69. The van der Waals surface area contributed by atoms with Crippen molar-refractivity contribution >= 4 is 11.3 Å². The lowest BCUT2D eigenvalue weighted by atomic mass is 9.95. The molecule has 1 atom stereocenters. The number of aryl methyl sites for hydroxylation is 1. The Balaban J connectivity index is 1.83. The van der Waals surface area contributed by atoms with Crippen LogP contribution in [0.25, 0.3) is 5.52 Å². The van der Waals surface area contributed by atoms with E-state index in [9.17, 15) is 5.11 Å². The lowest BCUT2D eigenvalue weighted by Crippen LogP contribution is -2.35. The van der Waals surface area contributed by atoms with Gasteiger partial charge in [0.05, 0.1) is 26.5 Å². The molecule has 3 aromatic rings. The highest BCUT2D eigenvalue weighted by Gasteiger charge is 2.31. The number of fused-ring (bicyclic) bond motifs is 2. The molecule has 0 spiro atoms. The Morgan fingerprint density at radius 2 is 1.96 bits per heavy atom. The van der Waals surface area contributed by atoms with Crippen LogP contribution >= 0.6 is 0 Å². The molecule has 0 amide bonds. The first-order valence-corrected chi connectivity index (χ1v) is 8.10. The summed E-state index contributed by atoms with van der Waals surface area (Å²) in [7, 11) is 3.24. The van der Waals surface area contributed by atoms with Gasteiger partial charge >= 0.3 is 0 Å². The standard InChI is InChI=1S/C18H20N4O3/c1-11-8-13-18(19-6-7-22(13)20-11)21-9-12-15(24-2)4-5-16(25-3)17(12)14(23)10-21/h4-8,14,23H,9-10H2,1-3H3. The van der Waals surface area contributed by atoms with Gasteiger partial charge in [-0.15, -0.1) is 0 Å². The van der Waals surface area contributed by atoms with E-state index in [2.05, 4.69) is 10.1 Å². The third kappa shape index (κ3) is 2.47. The number of ether oxygens (including phenoxy) is 2. The summed E-state index contributed by atoms with van der Waals surface area (Å²) in [6.45, 7) is 2.95. The summed E-state index contributed by atoms with van der Waals surface area (Å²) in [6.07, 6.45) is 2.85. The van der Waals surface area contributed by atoms with Crippen LogP contribution in [-0.2, 0) is 6.54 Å². The van der Waals surface area contributed by atoms with E-state index in [1.807, 2.05) is 40.7 Å². The molecule has 2 aromatic heterocycles. The van der Waals surface area contributed by atoms with E-state index in [0.29, 0.717) is 18.8 Å². The van der Waals surface area contributed by atoms with Crippen LogP contribution in [0.1, 0.15) is 22.9 Å². The predicted octanol–water partition coefficient (Wildman–Crippen LogP) is 2.11. The monoisotopic (exact) mass is 340 g/mol. The number of aliphatic hydroxyl groups is 1. The van der Waals surface area contributed by atoms with Gasteiger partial charge in [-0.05, 0) is 25.1 Å².